The zero-order chi connectivity index (χ0) is 11.5. The van der Waals surface area contributed by atoms with Crippen molar-refractivity contribution in [3.8, 4) is 0 Å². The molecular weight excluding hydrogens is 192 g/mol. The third-order valence-corrected chi connectivity index (χ3v) is 1.87. The first-order valence-corrected chi connectivity index (χ1v) is 4.93. The summed E-state index contributed by atoms with van der Waals surface area (Å²) >= 11 is 0. The monoisotopic (exact) mass is 210 g/mol. The van der Waals surface area contributed by atoms with E-state index in [0.29, 0.717) is 12.4 Å². The average molecular weight is 210 g/mol. The number of nitrogens with one attached hydrogen (secondary N) is 3. The molecule has 0 spiro atoms. The number of aryl methyl sites for hydroxylation is 1. The number of aromatic nitrogens is 2. The lowest BCUT2D eigenvalue weighted by Gasteiger charge is -2.19. The lowest BCUT2D eigenvalue weighted by atomic mass is 10.1. The van der Waals surface area contributed by atoms with Gasteiger partial charge in [0, 0.05) is 11.1 Å². The molecule has 1 amide bonds. The minimum Gasteiger partial charge on any atom is -0.310 e. The van der Waals surface area contributed by atoms with Crippen molar-refractivity contribution in [3.63, 3.8) is 0 Å². The highest BCUT2D eigenvalue weighted by Crippen LogP contribution is 2.07. The number of nitrogens with zero attached hydrogens (tertiary/aromatic N) is 1. The number of aromatic amines is 1. The van der Waals surface area contributed by atoms with Crippen LogP contribution in [0.4, 0.5) is 5.82 Å². The van der Waals surface area contributed by atoms with E-state index >= 15 is 0 Å². The van der Waals surface area contributed by atoms with E-state index in [1.165, 1.54) is 0 Å². The van der Waals surface area contributed by atoms with Gasteiger partial charge in [-0.2, -0.15) is 5.10 Å². The fourth-order valence-electron chi connectivity index (χ4n) is 1.00. The van der Waals surface area contributed by atoms with E-state index in [2.05, 4.69) is 20.8 Å². The van der Waals surface area contributed by atoms with Crippen molar-refractivity contribution in [1.82, 2.24) is 15.5 Å². The van der Waals surface area contributed by atoms with Crippen LogP contribution in [0.1, 0.15) is 26.3 Å². The van der Waals surface area contributed by atoms with Crippen LogP contribution in [0.3, 0.4) is 0 Å². The van der Waals surface area contributed by atoms with E-state index in [4.69, 9.17) is 0 Å². The van der Waals surface area contributed by atoms with E-state index in [-0.39, 0.29) is 11.4 Å². The Hall–Kier alpha value is -1.36. The number of carbonyl (C=O) groups excluding carboxylic acids is 1. The SMILES string of the molecule is Cc1cn[nH]c1NC(=O)CNC(C)(C)C. The molecule has 15 heavy (non-hydrogen) atoms. The van der Waals surface area contributed by atoms with Gasteiger partial charge in [-0.25, -0.2) is 0 Å². The second kappa shape index (κ2) is 4.44. The zero-order valence-electron chi connectivity index (χ0n) is 9.64. The van der Waals surface area contributed by atoms with Gasteiger partial charge in [-0.1, -0.05) is 0 Å². The van der Waals surface area contributed by atoms with Crippen molar-refractivity contribution in [2.24, 2.45) is 0 Å². The molecule has 84 valence electrons. The fourth-order valence-corrected chi connectivity index (χ4v) is 1.00. The Kier molecular flexibility index (Phi) is 3.47. The average Bonchev–Trinajstić information content (AvgIpc) is 2.47. The first kappa shape index (κ1) is 11.7. The van der Waals surface area contributed by atoms with Crippen LogP contribution in [0.2, 0.25) is 0 Å². The van der Waals surface area contributed by atoms with Gasteiger partial charge in [-0.05, 0) is 27.7 Å². The first-order valence-electron chi connectivity index (χ1n) is 4.93. The molecule has 1 heterocycles. The molecule has 0 radical (unpaired) electrons. The fraction of sp³-hybridized carbons (Fsp3) is 0.600. The van der Waals surface area contributed by atoms with Crippen LogP contribution in [-0.2, 0) is 4.79 Å². The predicted octanol–water partition coefficient (Wildman–Crippen LogP) is 1.04. The van der Waals surface area contributed by atoms with Gasteiger partial charge < -0.3 is 10.6 Å². The Balaban J connectivity index is 2.41. The normalized spacial score (nSPS) is 11.5. The molecule has 0 saturated heterocycles. The van der Waals surface area contributed by atoms with Crippen molar-refractivity contribution in [3.05, 3.63) is 11.8 Å². The number of anilines is 1. The van der Waals surface area contributed by atoms with E-state index in [1.807, 2.05) is 27.7 Å². The summed E-state index contributed by atoms with van der Waals surface area (Å²) in [4.78, 5) is 11.5. The van der Waals surface area contributed by atoms with Crippen LogP contribution >= 0.6 is 0 Å². The summed E-state index contributed by atoms with van der Waals surface area (Å²) in [5.41, 5.74) is 0.875. The van der Waals surface area contributed by atoms with Crippen LogP contribution in [0, 0.1) is 6.92 Å². The molecule has 1 rings (SSSR count). The Morgan fingerprint density at radius 3 is 2.67 bits per heavy atom. The van der Waals surface area contributed by atoms with Crippen molar-refractivity contribution in [2.45, 2.75) is 33.2 Å². The van der Waals surface area contributed by atoms with E-state index in [1.54, 1.807) is 6.20 Å². The lowest BCUT2D eigenvalue weighted by molar-refractivity contribution is -0.115. The summed E-state index contributed by atoms with van der Waals surface area (Å²) in [7, 11) is 0. The summed E-state index contributed by atoms with van der Waals surface area (Å²) in [6, 6.07) is 0. The largest absolute Gasteiger partial charge is 0.310 e. The van der Waals surface area contributed by atoms with Crippen molar-refractivity contribution in [2.75, 3.05) is 11.9 Å². The highest BCUT2D eigenvalue weighted by molar-refractivity contribution is 5.91. The third-order valence-electron chi connectivity index (χ3n) is 1.87. The molecular formula is C10H18N4O. The molecule has 5 heteroatoms. The van der Waals surface area contributed by atoms with Crippen LogP contribution < -0.4 is 10.6 Å². The topological polar surface area (TPSA) is 69.8 Å². The van der Waals surface area contributed by atoms with E-state index < -0.39 is 0 Å². The number of carbonyl (C=O) groups is 1. The summed E-state index contributed by atoms with van der Waals surface area (Å²) in [6.07, 6.45) is 1.67. The molecule has 3 N–H and O–H groups in total. The summed E-state index contributed by atoms with van der Waals surface area (Å²) in [5.74, 6) is 0.591. The Morgan fingerprint density at radius 2 is 2.20 bits per heavy atom. The van der Waals surface area contributed by atoms with Crippen LogP contribution in [0.15, 0.2) is 6.20 Å². The molecule has 0 fully saturated rings. The van der Waals surface area contributed by atoms with Gasteiger partial charge in [0.2, 0.25) is 5.91 Å². The number of rotatable bonds is 3. The van der Waals surface area contributed by atoms with Crippen molar-refractivity contribution < 1.29 is 4.79 Å². The van der Waals surface area contributed by atoms with Crippen molar-refractivity contribution in [1.29, 1.82) is 0 Å². The van der Waals surface area contributed by atoms with Crippen molar-refractivity contribution >= 4 is 11.7 Å². The number of H-pyrrole nitrogens is 1. The molecule has 5 nitrogen and oxygen atoms in total. The maximum absolute atomic E-state index is 11.5. The summed E-state index contributed by atoms with van der Waals surface area (Å²) in [5, 5.41) is 12.4. The van der Waals surface area contributed by atoms with Crippen LogP contribution in [-0.4, -0.2) is 28.2 Å². The zero-order valence-corrected chi connectivity index (χ0v) is 9.64. The Morgan fingerprint density at radius 1 is 1.53 bits per heavy atom. The highest BCUT2D eigenvalue weighted by Gasteiger charge is 2.12. The van der Waals surface area contributed by atoms with Gasteiger partial charge in [-0.15, -0.1) is 0 Å². The molecule has 1 aromatic rings. The Labute approximate surface area is 89.6 Å². The minimum absolute atomic E-state index is 0.0552. The highest BCUT2D eigenvalue weighted by atomic mass is 16.2. The molecule has 0 saturated carbocycles. The van der Waals surface area contributed by atoms with Crippen LogP contribution in [0.5, 0.6) is 0 Å². The maximum Gasteiger partial charge on any atom is 0.239 e. The predicted molar refractivity (Wildman–Crippen MR) is 59.7 cm³/mol. The smallest absolute Gasteiger partial charge is 0.239 e. The van der Waals surface area contributed by atoms with E-state index in [9.17, 15) is 4.79 Å². The standard InChI is InChI=1S/C10H18N4O/c1-7-5-12-14-9(7)13-8(15)6-11-10(2,3)4/h5,11H,6H2,1-4H3,(H2,12,13,14,15). The first-order chi connectivity index (χ1) is 6.88. The molecule has 0 aromatic carbocycles. The van der Waals surface area contributed by atoms with Gasteiger partial charge in [0.15, 0.2) is 0 Å². The molecule has 0 bridgehead atoms. The quantitative estimate of drug-likeness (QED) is 0.698. The number of hydrogen-bond donors (Lipinski definition) is 3. The van der Waals surface area contributed by atoms with Gasteiger partial charge in [0.1, 0.15) is 5.82 Å². The number of hydrogen-bond acceptors (Lipinski definition) is 3. The summed E-state index contributed by atoms with van der Waals surface area (Å²) < 4.78 is 0. The molecule has 1 aromatic heterocycles. The second-order valence-electron chi connectivity index (χ2n) is 4.58. The van der Waals surface area contributed by atoms with E-state index in [0.717, 1.165) is 5.56 Å². The van der Waals surface area contributed by atoms with Gasteiger partial charge in [0.25, 0.3) is 0 Å². The molecule has 0 unspecified atom stereocenters. The minimum atomic E-state index is -0.0720. The second-order valence-corrected chi connectivity index (χ2v) is 4.58. The Bertz CT molecular complexity index is 337. The van der Waals surface area contributed by atoms with Crippen LogP contribution in [0.25, 0.3) is 0 Å². The molecule has 0 aliphatic carbocycles. The maximum atomic E-state index is 11.5. The molecule has 0 aliphatic rings. The number of amides is 1. The van der Waals surface area contributed by atoms with Gasteiger partial charge in [-0.3, -0.25) is 9.89 Å². The molecule has 0 atom stereocenters. The lowest BCUT2D eigenvalue weighted by Crippen LogP contribution is -2.41. The molecule has 0 aliphatic heterocycles. The van der Waals surface area contributed by atoms with Gasteiger partial charge in [0.05, 0.1) is 12.7 Å². The summed E-state index contributed by atoms with van der Waals surface area (Å²) in [6.45, 7) is 8.23. The third kappa shape index (κ3) is 4.12. The van der Waals surface area contributed by atoms with Gasteiger partial charge >= 0.3 is 0 Å².